The summed E-state index contributed by atoms with van der Waals surface area (Å²) in [4.78, 5) is 26.5. The van der Waals surface area contributed by atoms with E-state index in [2.05, 4.69) is 10.3 Å². The van der Waals surface area contributed by atoms with Gasteiger partial charge in [-0.25, -0.2) is 4.39 Å². The molecule has 208 valence electrons. The summed E-state index contributed by atoms with van der Waals surface area (Å²) < 4.78 is 54.1. The summed E-state index contributed by atoms with van der Waals surface area (Å²) >= 11 is 0. The van der Waals surface area contributed by atoms with Crippen LogP contribution in [0.2, 0.25) is 0 Å². The summed E-state index contributed by atoms with van der Waals surface area (Å²) in [6, 6.07) is 20.8. The third kappa shape index (κ3) is 5.59. The molecule has 1 aliphatic carbocycles. The average Bonchev–Trinajstić information content (AvgIpc) is 3.36. The van der Waals surface area contributed by atoms with E-state index in [1.54, 1.807) is 36.4 Å². The van der Waals surface area contributed by atoms with Crippen LogP contribution in [0.15, 0.2) is 72.8 Å². The quantitative estimate of drug-likeness (QED) is 0.212. The summed E-state index contributed by atoms with van der Waals surface area (Å²) in [5.74, 6) is -3.12. The van der Waals surface area contributed by atoms with E-state index in [4.69, 9.17) is 5.11 Å². The minimum absolute atomic E-state index is 0.00469. The van der Waals surface area contributed by atoms with E-state index in [1.807, 2.05) is 24.3 Å². The monoisotopic (exact) mass is 552 g/mol. The molecular weight excluding hydrogens is 524 g/mol. The van der Waals surface area contributed by atoms with Gasteiger partial charge in [0.25, 0.3) is 5.91 Å². The van der Waals surface area contributed by atoms with Gasteiger partial charge in [-0.15, -0.1) is 0 Å². The Morgan fingerprint density at radius 3 is 2.20 bits per heavy atom. The first-order chi connectivity index (χ1) is 19.0. The number of H-pyrrole nitrogens is 1. The molecule has 0 unspecified atom stereocenters. The topological polar surface area (TPSA) is 82.2 Å². The van der Waals surface area contributed by atoms with E-state index < -0.39 is 29.4 Å². The van der Waals surface area contributed by atoms with Crippen molar-refractivity contribution in [3.8, 4) is 11.3 Å². The third-order valence-electron chi connectivity index (χ3n) is 7.95. The molecule has 1 amide bonds. The van der Waals surface area contributed by atoms with Gasteiger partial charge in [0, 0.05) is 34.1 Å². The Balaban J connectivity index is 1.48. The second kappa shape index (κ2) is 10.8. The third-order valence-corrected chi connectivity index (χ3v) is 7.95. The molecular formula is C31H28F4N2O3. The first-order valence-corrected chi connectivity index (χ1v) is 13.1. The standard InChI is InChI=1S/C31H28F4N2O3/c32-25-8-3-19(4-9-25)27-18-21-17-24(7-10-26(21)37-27)30(14-11-23(12-15-30)31(33,34)35)22-5-1-20(2-6-22)29(40)36-16-13-28(38)39/h1-10,17-18,23,37H,11-16H2,(H,36,40)(H,38,39). The van der Waals surface area contributed by atoms with Crippen molar-refractivity contribution in [2.24, 2.45) is 5.92 Å². The molecule has 5 rings (SSSR count). The molecule has 5 nitrogen and oxygen atoms in total. The smallest absolute Gasteiger partial charge is 0.391 e. The molecule has 0 atom stereocenters. The molecule has 0 bridgehead atoms. The molecule has 1 aliphatic rings. The molecule has 40 heavy (non-hydrogen) atoms. The van der Waals surface area contributed by atoms with E-state index >= 15 is 0 Å². The van der Waals surface area contributed by atoms with Gasteiger partial charge in [0.05, 0.1) is 12.3 Å². The van der Waals surface area contributed by atoms with Crippen LogP contribution in [0.4, 0.5) is 17.6 Å². The molecule has 9 heteroatoms. The number of rotatable bonds is 7. The van der Waals surface area contributed by atoms with Crippen LogP contribution in [-0.4, -0.2) is 34.7 Å². The van der Waals surface area contributed by atoms with Crippen molar-refractivity contribution in [2.45, 2.75) is 43.7 Å². The molecule has 0 radical (unpaired) electrons. The second-order valence-corrected chi connectivity index (χ2v) is 10.4. The lowest BCUT2D eigenvalue weighted by Crippen LogP contribution is -2.37. The highest BCUT2D eigenvalue weighted by Gasteiger charge is 2.47. The number of alkyl halides is 3. The zero-order valence-electron chi connectivity index (χ0n) is 21.5. The number of carboxylic acid groups (broad SMARTS) is 1. The van der Waals surface area contributed by atoms with Crippen molar-refractivity contribution in [3.05, 3.63) is 95.3 Å². The number of carbonyl (C=O) groups excluding carboxylic acids is 1. The zero-order chi connectivity index (χ0) is 28.5. The molecule has 1 heterocycles. The SMILES string of the molecule is O=C(O)CCNC(=O)c1ccc(C2(c3ccc4[nH]c(-c5ccc(F)cc5)cc4c3)CCC(C(F)(F)F)CC2)cc1. The first-order valence-electron chi connectivity index (χ1n) is 13.1. The van der Waals surface area contributed by atoms with Crippen molar-refractivity contribution < 1.29 is 32.3 Å². The lowest BCUT2D eigenvalue weighted by atomic mass is 9.63. The molecule has 1 fully saturated rings. The van der Waals surface area contributed by atoms with Crippen LogP contribution in [0.1, 0.15) is 53.6 Å². The predicted molar refractivity (Wildman–Crippen MR) is 144 cm³/mol. The number of benzene rings is 3. The number of carbonyl (C=O) groups is 2. The molecule has 1 aromatic heterocycles. The van der Waals surface area contributed by atoms with Gasteiger partial charge in [0.15, 0.2) is 0 Å². The summed E-state index contributed by atoms with van der Waals surface area (Å²) in [5, 5.41) is 12.2. The Hall–Kier alpha value is -4.14. The summed E-state index contributed by atoms with van der Waals surface area (Å²) in [5.41, 5.74) is 3.86. The van der Waals surface area contributed by atoms with Gasteiger partial charge in [0.1, 0.15) is 5.82 Å². The number of aliphatic carboxylic acids is 1. The lowest BCUT2D eigenvalue weighted by Gasteiger charge is -2.42. The maximum absolute atomic E-state index is 13.6. The Morgan fingerprint density at radius 1 is 0.925 bits per heavy atom. The van der Waals surface area contributed by atoms with E-state index in [1.165, 1.54) is 12.1 Å². The highest BCUT2D eigenvalue weighted by Crippen LogP contribution is 2.50. The van der Waals surface area contributed by atoms with E-state index in [0.29, 0.717) is 18.4 Å². The van der Waals surface area contributed by atoms with Gasteiger partial charge in [0.2, 0.25) is 0 Å². The number of carboxylic acids is 1. The first kappa shape index (κ1) is 27.4. The Morgan fingerprint density at radius 2 is 1.57 bits per heavy atom. The van der Waals surface area contributed by atoms with E-state index in [-0.39, 0.29) is 31.6 Å². The lowest BCUT2D eigenvalue weighted by molar-refractivity contribution is -0.184. The fourth-order valence-electron chi connectivity index (χ4n) is 5.72. The van der Waals surface area contributed by atoms with Gasteiger partial charge >= 0.3 is 12.1 Å². The predicted octanol–water partition coefficient (Wildman–Crippen LogP) is 7.22. The van der Waals surface area contributed by atoms with Crippen LogP contribution in [0, 0.1) is 11.7 Å². The molecule has 4 aromatic rings. The number of aromatic amines is 1. The Kier molecular flexibility index (Phi) is 7.40. The van der Waals surface area contributed by atoms with Crippen molar-refractivity contribution in [1.29, 1.82) is 0 Å². The molecule has 3 N–H and O–H groups in total. The number of amides is 1. The normalized spacial score (nSPS) is 19.4. The fraction of sp³-hybridized carbons (Fsp3) is 0.290. The zero-order valence-corrected chi connectivity index (χ0v) is 21.5. The molecule has 3 aromatic carbocycles. The van der Waals surface area contributed by atoms with Crippen LogP contribution >= 0.6 is 0 Å². The molecule has 0 spiro atoms. The van der Waals surface area contributed by atoms with Gasteiger partial charge in [-0.3, -0.25) is 9.59 Å². The van der Waals surface area contributed by atoms with Crippen LogP contribution in [-0.2, 0) is 10.2 Å². The van der Waals surface area contributed by atoms with Crippen molar-refractivity contribution in [1.82, 2.24) is 10.3 Å². The average molecular weight is 553 g/mol. The molecule has 0 aliphatic heterocycles. The molecule has 0 saturated heterocycles. The van der Waals surface area contributed by atoms with Gasteiger partial charge in [-0.05, 0) is 97.0 Å². The van der Waals surface area contributed by atoms with Crippen LogP contribution in [0.5, 0.6) is 0 Å². The number of aromatic nitrogens is 1. The number of halogens is 4. The highest BCUT2D eigenvalue weighted by atomic mass is 19.4. The number of hydrogen-bond acceptors (Lipinski definition) is 2. The largest absolute Gasteiger partial charge is 0.481 e. The van der Waals surface area contributed by atoms with Crippen LogP contribution in [0.25, 0.3) is 22.2 Å². The number of hydrogen-bond donors (Lipinski definition) is 3. The van der Waals surface area contributed by atoms with Crippen LogP contribution < -0.4 is 5.32 Å². The maximum Gasteiger partial charge on any atom is 0.391 e. The molecule has 1 saturated carbocycles. The van der Waals surface area contributed by atoms with Gasteiger partial charge in [-0.2, -0.15) is 13.2 Å². The Bertz CT molecular complexity index is 1520. The second-order valence-electron chi connectivity index (χ2n) is 10.4. The summed E-state index contributed by atoms with van der Waals surface area (Å²) in [6.07, 6.45) is -3.87. The summed E-state index contributed by atoms with van der Waals surface area (Å²) in [6.45, 7) is -0.00469. The van der Waals surface area contributed by atoms with Crippen molar-refractivity contribution >= 4 is 22.8 Å². The summed E-state index contributed by atoms with van der Waals surface area (Å²) in [7, 11) is 0. The van der Waals surface area contributed by atoms with Gasteiger partial charge in [-0.1, -0.05) is 18.2 Å². The van der Waals surface area contributed by atoms with Gasteiger partial charge < -0.3 is 15.4 Å². The Labute approximate surface area is 228 Å². The van der Waals surface area contributed by atoms with Crippen molar-refractivity contribution in [2.75, 3.05) is 6.54 Å². The maximum atomic E-state index is 13.6. The van der Waals surface area contributed by atoms with E-state index in [9.17, 15) is 27.2 Å². The van der Waals surface area contributed by atoms with E-state index in [0.717, 1.165) is 33.3 Å². The van der Waals surface area contributed by atoms with Crippen LogP contribution in [0.3, 0.4) is 0 Å². The van der Waals surface area contributed by atoms with Crippen molar-refractivity contribution in [3.63, 3.8) is 0 Å². The fourth-order valence-corrected chi connectivity index (χ4v) is 5.72. The minimum Gasteiger partial charge on any atom is -0.481 e. The number of nitrogens with one attached hydrogen (secondary N) is 2. The minimum atomic E-state index is -4.25. The highest BCUT2D eigenvalue weighted by molar-refractivity contribution is 5.94. The number of fused-ring (bicyclic) bond motifs is 1.